The first-order chi connectivity index (χ1) is 33.6. The first-order valence-corrected chi connectivity index (χ1v) is 23.5. The molecule has 68 heavy (non-hydrogen) atoms. The van der Waals surface area contributed by atoms with Gasteiger partial charge >= 0.3 is 0 Å². The van der Waals surface area contributed by atoms with Gasteiger partial charge in [0.1, 0.15) is 11.3 Å². The number of rotatable bonds is 5. The Morgan fingerprint density at radius 2 is 1.09 bits per heavy atom. The highest BCUT2D eigenvalue weighted by Gasteiger charge is 2.41. The van der Waals surface area contributed by atoms with E-state index in [-0.39, 0.29) is 5.41 Å². The smallest absolute Gasteiger partial charge is 0.145 e. The molecule has 0 aliphatic heterocycles. The van der Waals surface area contributed by atoms with Crippen LogP contribution in [0.5, 0.6) is 0 Å². The van der Waals surface area contributed by atoms with E-state index in [2.05, 4.69) is 233 Å². The van der Waals surface area contributed by atoms with Gasteiger partial charge in [-0.25, -0.2) is 9.97 Å². The maximum absolute atomic E-state index is 5.37. The van der Waals surface area contributed by atoms with Crippen molar-refractivity contribution in [2.24, 2.45) is 0 Å². The van der Waals surface area contributed by atoms with Crippen LogP contribution in [0, 0.1) is 0 Å². The number of nitrogens with zero attached hydrogens (tertiary/aromatic N) is 5. The predicted octanol–water partition coefficient (Wildman–Crippen LogP) is 15.6. The van der Waals surface area contributed by atoms with Crippen LogP contribution in [0.15, 0.2) is 219 Å². The summed E-state index contributed by atoms with van der Waals surface area (Å²) in [5.41, 5.74) is 18.8. The molecule has 14 aromatic rings. The standard InChI is InChI=1S/C63H41N5/c1-63(52-26-10-7-21-49(52)58-45(24-13-27-53(58)63)46-25-15-30-56-60(46)47-19-5-6-20-48(47)61-64-34-35-66(56)61)37-41-38-65-62-51-36-39(32-33-43(51)44-18-8-11-28-54(44)68(41)62)42-23-14-31-57-59(42)50-22-9-12-29-55(50)67(57)40-16-3-2-4-17-40/h2-36,38H,37H2,1H3. The summed E-state index contributed by atoms with van der Waals surface area (Å²) in [4.78, 5) is 10.2. The average molecular weight is 868 g/mol. The van der Waals surface area contributed by atoms with Gasteiger partial charge in [-0.05, 0) is 97.7 Å². The van der Waals surface area contributed by atoms with Gasteiger partial charge in [0.15, 0.2) is 0 Å². The van der Waals surface area contributed by atoms with Gasteiger partial charge in [-0.3, -0.25) is 8.80 Å². The molecule has 0 saturated heterocycles. The molecule has 0 spiro atoms. The second-order valence-electron chi connectivity index (χ2n) is 18.7. The van der Waals surface area contributed by atoms with Gasteiger partial charge in [-0.1, -0.05) is 165 Å². The molecule has 1 aliphatic carbocycles. The fourth-order valence-corrected chi connectivity index (χ4v) is 12.4. The number of hydrogen-bond donors (Lipinski definition) is 0. The predicted molar refractivity (Wildman–Crippen MR) is 281 cm³/mol. The Labute approximate surface area is 391 Å². The largest absolute Gasteiger partial charge is 0.309 e. The molecule has 1 unspecified atom stereocenters. The van der Waals surface area contributed by atoms with Crippen molar-refractivity contribution in [1.29, 1.82) is 0 Å². The maximum atomic E-state index is 5.37. The third kappa shape index (κ3) is 4.99. The number of hydrogen-bond acceptors (Lipinski definition) is 2. The zero-order valence-electron chi connectivity index (χ0n) is 37.2. The van der Waals surface area contributed by atoms with Gasteiger partial charge < -0.3 is 4.57 Å². The quantitative estimate of drug-likeness (QED) is 0.162. The molecule has 318 valence electrons. The highest BCUT2D eigenvalue weighted by molar-refractivity contribution is 6.20. The van der Waals surface area contributed by atoms with Crippen molar-refractivity contribution in [2.45, 2.75) is 18.8 Å². The zero-order chi connectivity index (χ0) is 44.7. The minimum Gasteiger partial charge on any atom is -0.309 e. The van der Waals surface area contributed by atoms with Gasteiger partial charge in [-0.15, -0.1) is 0 Å². The number of imidazole rings is 2. The maximum Gasteiger partial charge on any atom is 0.145 e. The van der Waals surface area contributed by atoms with Crippen LogP contribution in [0.25, 0.3) is 116 Å². The third-order valence-electron chi connectivity index (χ3n) is 15.2. The number of aromatic nitrogens is 5. The number of pyridine rings is 2. The van der Waals surface area contributed by atoms with E-state index in [0.717, 1.165) is 39.7 Å². The summed E-state index contributed by atoms with van der Waals surface area (Å²) in [5.74, 6) is 0. The molecule has 0 amide bonds. The lowest BCUT2D eigenvalue weighted by Crippen LogP contribution is -2.24. The molecular weight excluding hydrogens is 827 g/mol. The molecule has 1 atom stereocenters. The summed E-state index contributed by atoms with van der Waals surface area (Å²) < 4.78 is 7.09. The van der Waals surface area contributed by atoms with Gasteiger partial charge in [0.2, 0.25) is 0 Å². The van der Waals surface area contributed by atoms with Crippen LogP contribution in [0.4, 0.5) is 0 Å². The molecule has 1 aliphatic rings. The second-order valence-corrected chi connectivity index (χ2v) is 18.7. The number of para-hydroxylation sites is 3. The lowest BCUT2D eigenvalue weighted by atomic mass is 9.76. The van der Waals surface area contributed by atoms with Crippen molar-refractivity contribution < 1.29 is 0 Å². The fourth-order valence-electron chi connectivity index (χ4n) is 12.4. The lowest BCUT2D eigenvalue weighted by molar-refractivity contribution is 0.573. The molecule has 0 N–H and O–H groups in total. The Morgan fingerprint density at radius 3 is 1.97 bits per heavy atom. The van der Waals surface area contributed by atoms with E-state index in [0.29, 0.717) is 0 Å². The van der Waals surface area contributed by atoms with Gasteiger partial charge in [0, 0.05) is 74.1 Å². The van der Waals surface area contributed by atoms with Crippen molar-refractivity contribution in [3.05, 3.63) is 236 Å². The van der Waals surface area contributed by atoms with Crippen LogP contribution in [-0.4, -0.2) is 23.3 Å². The molecule has 15 rings (SSSR count). The molecule has 5 nitrogen and oxygen atoms in total. The van der Waals surface area contributed by atoms with Crippen LogP contribution < -0.4 is 0 Å². The van der Waals surface area contributed by atoms with E-state index in [9.17, 15) is 0 Å². The Morgan fingerprint density at radius 1 is 0.441 bits per heavy atom. The summed E-state index contributed by atoms with van der Waals surface area (Å²) in [7, 11) is 0. The zero-order valence-corrected chi connectivity index (χ0v) is 37.2. The van der Waals surface area contributed by atoms with Crippen LogP contribution in [0.3, 0.4) is 0 Å². The van der Waals surface area contributed by atoms with Crippen LogP contribution >= 0.6 is 0 Å². The average Bonchev–Trinajstić information content (AvgIpc) is 4.19. The molecule has 9 aromatic carbocycles. The molecular formula is C63H41N5. The third-order valence-corrected chi connectivity index (χ3v) is 15.2. The first kappa shape index (κ1) is 37.4. The van der Waals surface area contributed by atoms with Crippen molar-refractivity contribution >= 4 is 76.5 Å². The molecule has 0 bridgehead atoms. The Hall–Kier alpha value is -8.80. The van der Waals surface area contributed by atoms with Crippen LogP contribution in [0.1, 0.15) is 23.7 Å². The monoisotopic (exact) mass is 867 g/mol. The Bertz CT molecular complexity index is 4440. The topological polar surface area (TPSA) is 39.5 Å². The van der Waals surface area contributed by atoms with Crippen molar-refractivity contribution in [3.63, 3.8) is 0 Å². The molecule has 0 fully saturated rings. The molecule has 5 heteroatoms. The van der Waals surface area contributed by atoms with Crippen molar-refractivity contribution in [3.8, 4) is 39.1 Å². The van der Waals surface area contributed by atoms with E-state index in [1.165, 1.54) is 99.1 Å². The van der Waals surface area contributed by atoms with E-state index in [4.69, 9.17) is 9.97 Å². The second kappa shape index (κ2) is 13.9. The minimum absolute atomic E-state index is 0.345. The summed E-state index contributed by atoms with van der Waals surface area (Å²) >= 11 is 0. The van der Waals surface area contributed by atoms with Crippen molar-refractivity contribution in [2.75, 3.05) is 0 Å². The lowest BCUT2D eigenvalue weighted by Gasteiger charge is -2.28. The van der Waals surface area contributed by atoms with E-state index in [1.54, 1.807) is 0 Å². The van der Waals surface area contributed by atoms with Gasteiger partial charge in [0.25, 0.3) is 0 Å². The summed E-state index contributed by atoms with van der Waals surface area (Å²) in [6, 6.07) is 73.6. The molecule has 0 radical (unpaired) electrons. The Kier molecular flexibility index (Phi) is 7.63. The van der Waals surface area contributed by atoms with E-state index in [1.807, 2.05) is 6.20 Å². The highest BCUT2D eigenvalue weighted by Crippen LogP contribution is 2.55. The first-order valence-electron chi connectivity index (χ1n) is 23.5. The van der Waals surface area contributed by atoms with Gasteiger partial charge in [-0.2, -0.15) is 0 Å². The summed E-state index contributed by atoms with van der Waals surface area (Å²) in [6.45, 7) is 2.45. The van der Waals surface area contributed by atoms with E-state index < -0.39 is 0 Å². The van der Waals surface area contributed by atoms with Gasteiger partial charge in [0.05, 0.1) is 22.1 Å². The van der Waals surface area contributed by atoms with Crippen molar-refractivity contribution in [1.82, 2.24) is 23.3 Å². The molecule has 0 saturated carbocycles. The van der Waals surface area contributed by atoms with Crippen LogP contribution in [-0.2, 0) is 11.8 Å². The SMILES string of the molecule is CC1(Cc2cnc3c4cc(-c5cccc6c5c5ccccc5n6-c5ccccc5)ccc4c4ccccc4n23)c2ccccc2-c2c(-c3cccc4c3c3ccccc3c3nccn43)cccc21. The van der Waals surface area contributed by atoms with Crippen LogP contribution in [0.2, 0.25) is 0 Å². The van der Waals surface area contributed by atoms with E-state index >= 15 is 0 Å². The Balaban J connectivity index is 0.928. The number of benzene rings is 9. The number of fused-ring (bicyclic) bond motifs is 18. The highest BCUT2D eigenvalue weighted by atomic mass is 15.0. The fraction of sp³-hybridized carbons (Fsp3) is 0.0476. The minimum atomic E-state index is -0.345. The molecule has 5 heterocycles. The molecule has 5 aromatic heterocycles. The summed E-state index contributed by atoms with van der Waals surface area (Å²) in [6.07, 6.45) is 6.91. The summed E-state index contributed by atoms with van der Waals surface area (Å²) in [5, 5.41) is 9.67. The normalized spacial score (nSPS) is 14.7.